The minimum absolute atomic E-state index is 0.00220. The molecule has 0 aromatic heterocycles. The molecule has 6 rings (SSSR count). The van der Waals surface area contributed by atoms with Gasteiger partial charge in [0.2, 0.25) is 0 Å². The Morgan fingerprint density at radius 1 is 0.914 bits per heavy atom. The van der Waals surface area contributed by atoms with Gasteiger partial charge in [0.05, 0.1) is 17.8 Å². The van der Waals surface area contributed by atoms with E-state index in [1.165, 1.54) is 6.92 Å². The van der Waals surface area contributed by atoms with Crippen LogP contribution in [0.3, 0.4) is 0 Å². The van der Waals surface area contributed by atoms with E-state index >= 15 is 0 Å². The highest BCUT2D eigenvalue weighted by Crippen LogP contribution is 2.71. The number of aliphatic hydroxyl groups is 1. The molecular weight excluding hydrogens is 440 g/mol. The Morgan fingerprint density at radius 2 is 1.60 bits per heavy atom. The van der Waals surface area contributed by atoms with Gasteiger partial charge in [-0.2, -0.15) is 0 Å². The van der Waals surface area contributed by atoms with Gasteiger partial charge in [0.25, 0.3) is 0 Å². The van der Waals surface area contributed by atoms with Gasteiger partial charge in [0.1, 0.15) is 6.10 Å². The fraction of sp³-hybridized carbons (Fsp3) is 0.767. The number of fused-ring (bicyclic) bond motifs is 8. The summed E-state index contributed by atoms with van der Waals surface area (Å²) in [6, 6.07) is 10.3. The van der Waals surface area contributed by atoms with Crippen molar-refractivity contribution in [2.75, 3.05) is 0 Å². The highest BCUT2D eigenvalue weighted by atomic mass is 16.8. The first kappa shape index (κ1) is 23.9. The molecule has 1 N–H and O–H groups in total. The van der Waals surface area contributed by atoms with Gasteiger partial charge in [-0.05, 0) is 93.4 Å². The molecule has 0 radical (unpaired) electrons. The van der Waals surface area contributed by atoms with Crippen LogP contribution in [-0.4, -0.2) is 35.2 Å². The fourth-order valence-electron chi connectivity index (χ4n) is 9.69. The topological polar surface area (TPSA) is 65.0 Å². The second-order valence-corrected chi connectivity index (χ2v) is 13.2. The Balaban J connectivity index is 1.39. The smallest absolute Gasteiger partial charge is 0.302 e. The van der Waals surface area contributed by atoms with Crippen molar-refractivity contribution in [1.82, 2.24) is 0 Å². The Kier molecular flexibility index (Phi) is 5.33. The van der Waals surface area contributed by atoms with Crippen molar-refractivity contribution < 1.29 is 24.1 Å². The van der Waals surface area contributed by atoms with Crippen LogP contribution in [0.2, 0.25) is 0 Å². The Hall–Kier alpha value is -1.43. The Bertz CT molecular complexity index is 992. The van der Waals surface area contributed by atoms with E-state index in [0.29, 0.717) is 23.7 Å². The molecule has 1 aliphatic heterocycles. The minimum atomic E-state index is -0.806. The van der Waals surface area contributed by atoms with Gasteiger partial charge in [-0.25, -0.2) is 0 Å². The predicted molar refractivity (Wildman–Crippen MR) is 132 cm³/mol. The third-order valence-corrected chi connectivity index (χ3v) is 11.2. The molecule has 5 fully saturated rings. The first-order valence-corrected chi connectivity index (χ1v) is 13.8. The summed E-state index contributed by atoms with van der Waals surface area (Å²) in [5.41, 5.74) is 0.194. The van der Waals surface area contributed by atoms with Crippen LogP contribution in [-0.2, 0) is 24.6 Å². The summed E-state index contributed by atoms with van der Waals surface area (Å²) in [4.78, 5) is 11.7. The number of rotatable bonds is 2. The molecule has 35 heavy (non-hydrogen) atoms. The summed E-state index contributed by atoms with van der Waals surface area (Å²) in [7, 11) is 0. The number of carbonyl (C=O) groups is 1. The Morgan fingerprint density at radius 3 is 2.31 bits per heavy atom. The summed E-state index contributed by atoms with van der Waals surface area (Å²) in [6.07, 6.45) is 6.78. The van der Waals surface area contributed by atoms with Crippen molar-refractivity contribution in [3.8, 4) is 0 Å². The molecular formula is C30H42O5. The normalized spacial score (nSPS) is 49.9. The van der Waals surface area contributed by atoms with Gasteiger partial charge in [0.15, 0.2) is 5.79 Å². The molecule has 4 saturated carbocycles. The quantitative estimate of drug-likeness (QED) is 0.557. The van der Waals surface area contributed by atoms with Crippen LogP contribution >= 0.6 is 0 Å². The molecule has 5 heteroatoms. The molecule has 4 aliphatic carbocycles. The lowest BCUT2D eigenvalue weighted by molar-refractivity contribution is -0.208. The maximum absolute atomic E-state index is 12.2. The number of esters is 1. The van der Waals surface area contributed by atoms with E-state index in [9.17, 15) is 9.90 Å². The average Bonchev–Trinajstić information content (AvgIpc) is 3.28. The molecule has 192 valence electrons. The van der Waals surface area contributed by atoms with Crippen LogP contribution in [0.25, 0.3) is 0 Å². The molecule has 1 saturated heterocycles. The van der Waals surface area contributed by atoms with E-state index in [1.54, 1.807) is 0 Å². The van der Waals surface area contributed by atoms with E-state index in [4.69, 9.17) is 14.2 Å². The van der Waals surface area contributed by atoms with Crippen LogP contribution in [0.15, 0.2) is 30.3 Å². The molecule has 0 bridgehead atoms. The van der Waals surface area contributed by atoms with E-state index in [2.05, 4.69) is 38.1 Å². The van der Waals surface area contributed by atoms with E-state index in [0.717, 1.165) is 50.5 Å². The zero-order chi connectivity index (χ0) is 24.8. The van der Waals surface area contributed by atoms with E-state index < -0.39 is 11.4 Å². The Labute approximate surface area is 209 Å². The summed E-state index contributed by atoms with van der Waals surface area (Å²) in [5.74, 6) is 0.785. The number of ether oxygens (including phenoxy) is 3. The van der Waals surface area contributed by atoms with Crippen LogP contribution in [0.1, 0.15) is 85.1 Å². The molecule has 5 nitrogen and oxygen atoms in total. The largest absolute Gasteiger partial charge is 0.463 e. The molecule has 0 unspecified atom stereocenters. The van der Waals surface area contributed by atoms with Gasteiger partial charge >= 0.3 is 5.97 Å². The lowest BCUT2D eigenvalue weighted by Crippen LogP contribution is -2.64. The zero-order valence-electron chi connectivity index (χ0n) is 22.0. The van der Waals surface area contributed by atoms with Crippen molar-refractivity contribution in [2.24, 2.45) is 34.5 Å². The van der Waals surface area contributed by atoms with Crippen LogP contribution in [0.5, 0.6) is 0 Å². The first-order valence-electron chi connectivity index (χ1n) is 13.8. The van der Waals surface area contributed by atoms with E-state index in [1.807, 2.05) is 19.9 Å². The monoisotopic (exact) mass is 482 g/mol. The number of hydrogen-bond donors (Lipinski definition) is 1. The van der Waals surface area contributed by atoms with Gasteiger partial charge in [0, 0.05) is 12.3 Å². The van der Waals surface area contributed by atoms with Crippen LogP contribution in [0.4, 0.5) is 0 Å². The molecule has 10 atom stereocenters. The second-order valence-electron chi connectivity index (χ2n) is 13.2. The second kappa shape index (κ2) is 7.79. The van der Waals surface area contributed by atoms with Gasteiger partial charge < -0.3 is 19.3 Å². The third-order valence-electron chi connectivity index (χ3n) is 11.2. The fourth-order valence-corrected chi connectivity index (χ4v) is 9.69. The number of hydrogen-bond acceptors (Lipinski definition) is 5. The molecule has 0 amide bonds. The zero-order valence-corrected chi connectivity index (χ0v) is 22.0. The van der Waals surface area contributed by atoms with E-state index in [-0.39, 0.29) is 35.1 Å². The summed E-state index contributed by atoms with van der Waals surface area (Å²) >= 11 is 0. The molecule has 5 aliphatic rings. The van der Waals surface area contributed by atoms with Gasteiger partial charge in [-0.15, -0.1) is 0 Å². The maximum atomic E-state index is 12.2. The van der Waals surface area contributed by atoms with Crippen LogP contribution < -0.4 is 0 Å². The standard InChI is InChI=1S/C30H42O5/c1-18(31)33-20-11-14-28(4)21-12-15-29(5)22(13-16-30(29,32)19-9-7-6-8-10-19)24(21)26-25(23(28)17-20)34-27(2,3)35-26/h6-10,20-26,32H,11-17H2,1-5H3/t20-,21-,22-,23+,24+,25+,26+,28+,29-,30+/m0/s1. The van der Waals surface area contributed by atoms with Crippen molar-refractivity contribution in [2.45, 2.75) is 109 Å². The van der Waals surface area contributed by atoms with Crippen molar-refractivity contribution >= 4 is 5.97 Å². The molecule has 1 aromatic carbocycles. The average molecular weight is 483 g/mol. The van der Waals surface area contributed by atoms with Crippen molar-refractivity contribution in [3.63, 3.8) is 0 Å². The predicted octanol–water partition coefficient (Wildman–Crippen LogP) is 5.59. The van der Waals surface area contributed by atoms with Gasteiger partial charge in [-0.3, -0.25) is 4.79 Å². The summed E-state index contributed by atoms with van der Waals surface area (Å²) in [5, 5.41) is 12.2. The maximum Gasteiger partial charge on any atom is 0.302 e. The third kappa shape index (κ3) is 3.33. The SMILES string of the molecule is CC(=O)O[C@H]1CC[C@@]2(C)[C@H](C1)[C@H]1OC(C)(C)O[C@@H]1[C@@H]1[C@@H]2CC[C@@]2(C)[C@H]1CC[C@@]2(O)c1ccccc1. The summed E-state index contributed by atoms with van der Waals surface area (Å²) in [6.45, 7) is 10.4. The lowest BCUT2D eigenvalue weighted by atomic mass is 9.43. The molecule has 1 aromatic rings. The van der Waals surface area contributed by atoms with Crippen molar-refractivity contribution in [3.05, 3.63) is 35.9 Å². The lowest BCUT2D eigenvalue weighted by Gasteiger charge is -2.63. The number of benzene rings is 1. The summed E-state index contributed by atoms with van der Waals surface area (Å²) < 4.78 is 19.1. The highest BCUT2D eigenvalue weighted by molar-refractivity contribution is 5.66. The first-order chi connectivity index (χ1) is 16.5. The molecule has 1 heterocycles. The highest BCUT2D eigenvalue weighted by Gasteiger charge is 2.71. The molecule has 0 spiro atoms. The van der Waals surface area contributed by atoms with Gasteiger partial charge in [-0.1, -0.05) is 44.2 Å². The van der Waals surface area contributed by atoms with Crippen molar-refractivity contribution in [1.29, 1.82) is 0 Å². The minimum Gasteiger partial charge on any atom is -0.463 e. The number of carbonyl (C=O) groups excluding carboxylic acids is 1. The van der Waals surface area contributed by atoms with Crippen LogP contribution in [0, 0.1) is 34.5 Å².